The summed E-state index contributed by atoms with van der Waals surface area (Å²) in [5.41, 5.74) is 0.839. The molecule has 4 nitrogen and oxygen atoms in total. The molecular formula is C15H22BrN3O. The lowest BCUT2D eigenvalue weighted by atomic mass is 10.0. The van der Waals surface area contributed by atoms with Crippen LogP contribution in [0.1, 0.15) is 19.3 Å². The van der Waals surface area contributed by atoms with Crippen molar-refractivity contribution in [2.45, 2.75) is 25.3 Å². The van der Waals surface area contributed by atoms with E-state index < -0.39 is 0 Å². The van der Waals surface area contributed by atoms with Crippen molar-refractivity contribution >= 4 is 27.5 Å². The van der Waals surface area contributed by atoms with E-state index in [1.807, 2.05) is 31.3 Å². The fourth-order valence-corrected chi connectivity index (χ4v) is 3.09. The van der Waals surface area contributed by atoms with Crippen molar-refractivity contribution in [1.29, 1.82) is 0 Å². The van der Waals surface area contributed by atoms with Gasteiger partial charge >= 0.3 is 0 Å². The molecule has 1 aromatic carbocycles. The minimum Gasteiger partial charge on any atom is -0.325 e. The van der Waals surface area contributed by atoms with Crippen LogP contribution < -0.4 is 10.6 Å². The summed E-state index contributed by atoms with van der Waals surface area (Å²) in [7, 11) is 1.97. The van der Waals surface area contributed by atoms with Gasteiger partial charge in [-0.05, 0) is 44.6 Å². The molecule has 1 aliphatic heterocycles. The zero-order valence-electron chi connectivity index (χ0n) is 11.9. The molecule has 2 N–H and O–H groups in total. The largest absolute Gasteiger partial charge is 0.325 e. The molecule has 5 heteroatoms. The Morgan fingerprint density at radius 1 is 1.45 bits per heavy atom. The van der Waals surface area contributed by atoms with Crippen molar-refractivity contribution in [3.05, 3.63) is 28.7 Å². The lowest BCUT2D eigenvalue weighted by Gasteiger charge is -2.35. The maximum Gasteiger partial charge on any atom is 0.238 e. The first-order chi connectivity index (χ1) is 9.69. The van der Waals surface area contributed by atoms with Crippen LogP contribution in [0.3, 0.4) is 0 Å². The standard InChI is InChI=1S/C15H22BrN3O/c1-17-10-14-7-2-3-8-19(14)11-15(20)18-13-6-4-5-12(16)9-13/h4-6,9,14,17H,2-3,7-8,10-11H2,1H3,(H,18,20). The van der Waals surface area contributed by atoms with E-state index in [9.17, 15) is 4.79 Å². The van der Waals surface area contributed by atoms with E-state index in [2.05, 4.69) is 31.5 Å². The Bertz CT molecular complexity index is 450. The highest BCUT2D eigenvalue weighted by Gasteiger charge is 2.23. The normalized spacial score (nSPS) is 19.8. The summed E-state index contributed by atoms with van der Waals surface area (Å²) in [5, 5.41) is 6.18. The van der Waals surface area contributed by atoms with Crippen molar-refractivity contribution in [1.82, 2.24) is 10.2 Å². The minimum absolute atomic E-state index is 0.0612. The first-order valence-corrected chi connectivity index (χ1v) is 7.92. The summed E-state index contributed by atoms with van der Waals surface area (Å²) in [4.78, 5) is 14.4. The predicted molar refractivity (Wildman–Crippen MR) is 85.9 cm³/mol. The molecule has 0 saturated carbocycles. The van der Waals surface area contributed by atoms with E-state index in [-0.39, 0.29) is 5.91 Å². The number of piperidine rings is 1. The highest BCUT2D eigenvalue weighted by Crippen LogP contribution is 2.18. The summed E-state index contributed by atoms with van der Waals surface area (Å²) in [6.45, 7) is 2.43. The minimum atomic E-state index is 0.0612. The third kappa shape index (κ3) is 4.58. The van der Waals surface area contributed by atoms with Gasteiger partial charge in [-0.25, -0.2) is 0 Å². The number of likely N-dealkylation sites (tertiary alicyclic amines) is 1. The highest BCUT2D eigenvalue weighted by molar-refractivity contribution is 9.10. The molecule has 110 valence electrons. The third-order valence-electron chi connectivity index (χ3n) is 3.64. The SMILES string of the molecule is CNCC1CCCCN1CC(=O)Nc1cccc(Br)c1. The Hall–Kier alpha value is -0.910. The second kappa shape index (κ2) is 7.76. The van der Waals surface area contributed by atoms with Crippen molar-refractivity contribution in [2.75, 3.05) is 32.0 Å². The first-order valence-electron chi connectivity index (χ1n) is 7.13. The lowest BCUT2D eigenvalue weighted by Crippen LogP contribution is -2.47. The van der Waals surface area contributed by atoms with E-state index in [1.165, 1.54) is 19.3 Å². The zero-order chi connectivity index (χ0) is 14.4. The van der Waals surface area contributed by atoms with E-state index >= 15 is 0 Å². The van der Waals surface area contributed by atoms with Gasteiger partial charge in [-0.15, -0.1) is 0 Å². The molecule has 0 spiro atoms. The van der Waals surface area contributed by atoms with Crippen LogP contribution in [-0.4, -0.2) is 43.5 Å². The van der Waals surface area contributed by atoms with Gasteiger partial charge in [-0.1, -0.05) is 28.4 Å². The van der Waals surface area contributed by atoms with Crippen LogP contribution in [0.4, 0.5) is 5.69 Å². The molecule has 1 heterocycles. The number of nitrogens with zero attached hydrogens (tertiary/aromatic N) is 1. The molecule has 2 rings (SSSR count). The third-order valence-corrected chi connectivity index (χ3v) is 4.14. The quantitative estimate of drug-likeness (QED) is 0.866. The summed E-state index contributed by atoms with van der Waals surface area (Å²) in [6.07, 6.45) is 3.62. The van der Waals surface area contributed by atoms with Crippen molar-refractivity contribution < 1.29 is 4.79 Å². The Labute approximate surface area is 129 Å². The zero-order valence-corrected chi connectivity index (χ0v) is 13.4. The second-order valence-electron chi connectivity index (χ2n) is 5.24. The highest BCUT2D eigenvalue weighted by atomic mass is 79.9. The number of hydrogen-bond donors (Lipinski definition) is 2. The van der Waals surface area contributed by atoms with Gasteiger partial charge < -0.3 is 10.6 Å². The molecule has 1 aromatic rings. The van der Waals surface area contributed by atoms with E-state index in [4.69, 9.17) is 0 Å². The topological polar surface area (TPSA) is 44.4 Å². The molecular weight excluding hydrogens is 318 g/mol. The van der Waals surface area contributed by atoms with Gasteiger partial charge in [-0.2, -0.15) is 0 Å². The number of amides is 1. The molecule has 0 aliphatic carbocycles. The van der Waals surface area contributed by atoms with Gasteiger partial charge in [0.1, 0.15) is 0 Å². The van der Waals surface area contributed by atoms with Gasteiger partial charge in [-0.3, -0.25) is 9.69 Å². The number of carbonyl (C=O) groups is 1. The van der Waals surface area contributed by atoms with E-state index in [0.717, 1.165) is 23.2 Å². The summed E-state index contributed by atoms with van der Waals surface area (Å²) in [5.74, 6) is 0.0612. The Kier molecular flexibility index (Phi) is 6.01. The van der Waals surface area contributed by atoms with Gasteiger partial charge in [0.05, 0.1) is 6.54 Å². The Morgan fingerprint density at radius 3 is 3.05 bits per heavy atom. The number of likely N-dealkylation sites (N-methyl/N-ethyl adjacent to an activating group) is 1. The fraction of sp³-hybridized carbons (Fsp3) is 0.533. The van der Waals surface area contributed by atoms with Crippen LogP contribution in [-0.2, 0) is 4.79 Å². The van der Waals surface area contributed by atoms with Crippen molar-refractivity contribution in [2.24, 2.45) is 0 Å². The number of carbonyl (C=O) groups excluding carboxylic acids is 1. The molecule has 1 fully saturated rings. The summed E-state index contributed by atoms with van der Waals surface area (Å²) in [6, 6.07) is 8.17. The monoisotopic (exact) mass is 339 g/mol. The molecule has 1 saturated heterocycles. The fourth-order valence-electron chi connectivity index (χ4n) is 2.69. The van der Waals surface area contributed by atoms with Crippen LogP contribution in [0, 0.1) is 0 Å². The summed E-state index contributed by atoms with van der Waals surface area (Å²) >= 11 is 3.41. The number of benzene rings is 1. The predicted octanol–water partition coefficient (Wildman–Crippen LogP) is 2.46. The molecule has 20 heavy (non-hydrogen) atoms. The van der Waals surface area contributed by atoms with Gasteiger partial charge in [0.25, 0.3) is 0 Å². The van der Waals surface area contributed by atoms with Crippen molar-refractivity contribution in [3.8, 4) is 0 Å². The van der Waals surface area contributed by atoms with E-state index in [0.29, 0.717) is 12.6 Å². The van der Waals surface area contributed by atoms with Gasteiger partial charge in [0.2, 0.25) is 5.91 Å². The van der Waals surface area contributed by atoms with Crippen LogP contribution >= 0.6 is 15.9 Å². The maximum absolute atomic E-state index is 12.2. The number of halogens is 1. The maximum atomic E-state index is 12.2. The molecule has 0 aromatic heterocycles. The van der Waals surface area contributed by atoms with Gasteiger partial charge in [0, 0.05) is 22.7 Å². The number of nitrogens with one attached hydrogen (secondary N) is 2. The number of rotatable bonds is 5. The lowest BCUT2D eigenvalue weighted by molar-refractivity contribution is -0.118. The molecule has 1 amide bonds. The Morgan fingerprint density at radius 2 is 2.30 bits per heavy atom. The molecule has 1 atom stereocenters. The van der Waals surface area contributed by atoms with Crippen LogP contribution in [0.25, 0.3) is 0 Å². The van der Waals surface area contributed by atoms with Crippen LogP contribution in [0.2, 0.25) is 0 Å². The first kappa shape index (κ1) is 15.5. The molecule has 1 aliphatic rings. The van der Waals surface area contributed by atoms with E-state index in [1.54, 1.807) is 0 Å². The Balaban J connectivity index is 1.89. The van der Waals surface area contributed by atoms with Gasteiger partial charge in [0.15, 0.2) is 0 Å². The van der Waals surface area contributed by atoms with Crippen LogP contribution in [0.5, 0.6) is 0 Å². The average Bonchev–Trinajstić information content (AvgIpc) is 2.41. The second-order valence-corrected chi connectivity index (χ2v) is 6.15. The summed E-state index contributed by atoms with van der Waals surface area (Å²) < 4.78 is 0.973. The molecule has 0 radical (unpaired) electrons. The average molecular weight is 340 g/mol. The number of hydrogen-bond acceptors (Lipinski definition) is 3. The molecule has 1 unspecified atom stereocenters. The van der Waals surface area contributed by atoms with Crippen LogP contribution in [0.15, 0.2) is 28.7 Å². The molecule has 0 bridgehead atoms. The van der Waals surface area contributed by atoms with Crippen molar-refractivity contribution in [3.63, 3.8) is 0 Å². The number of anilines is 1. The smallest absolute Gasteiger partial charge is 0.238 e.